The number of sulfone groups is 1. The normalized spacial score (nSPS) is 19.0. The predicted octanol–water partition coefficient (Wildman–Crippen LogP) is 0.315. The second-order valence-electron chi connectivity index (χ2n) is 6.08. The Hall–Kier alpha value is -0.130. The minimum atomic E-state index is -2.81. The van der Waals surface area contributed by atoms with Crippen LogP contribution in [0.2, 0.25) is 0 Å². The minimum absolute atomic E-state index is 0. The summed E-state index contributed by atoms with van der Waals surface area (Å²) in [6, 6.07) is 0. The number of methoxy groups -OCH3 is 1. The third-order valence-electron chi connectivity index (χ3n) is 3.67. The standard InChI is InChI=1S/C14H30N4O3S.HI/c1-5-15-13(17-12-14(2,3)21-4)16-6-7-18-8-10-22(19,20)11-9-18;/h5-12H2,1-4H3,(H2,15,16,17);1H. The van der Waals surface area contributed by atoms with Crippen LogP contribution in [0.3, 0.4) is 0 Å². The molecule has 1 heterocycles. The van der Waals surface area contributed by atoms with Gasteiger partial charge in [-0.3, -0.25) is 9.89 Å². The van der Waals surface area contributed by atoms with Crippen LogP contribution in [0.4, 0.5) is 0 Å². The molecule has 2 N–H and O–H groups in total. The Labute approximate surface area is 157 Å². The number of hydrogen-bond donors (Lipinski definition) is 2. The summed E-state index contributed by atoms with van der Waals surface area (Å²) in [7, 11) is -1.12. The first kappa shape index (κ1) is 22.9. The van der Waals surface area contributed by atoms with Crippen LogP contribution in [-0.2, 0) is 14.6 Å². The van der Waals surface area contributed by atoms with Crippen molar-refractivity contribution in [1.29, 1.82) is 0 Å². The zero-order chi connectivity index (χ0) is 16.6. The third-order valence-corrected chi connectivity index (χ3v) is 5.28. The van der Waals surface area contributed by atoms with Crippen LogP contribution in [0.1, 0.15) is 20.8 Å². The number of rotatable bonds is 7. The van der Waals surface area contributed by atoms with E-state index in [4.69, 9.17) is 4.74 Å². The molecule has 0 aliphatic carbocycles. The Morgan fingerprint density at radius 3 is 2.39 bits per heavy atom. The van der Waals surface area contributed by atoms with Gasteiger partial charge in [0.25, 0.3) is 0 Å². The molecule has 1 rings (SSSR count). The third kappa shape index (κ3) is 9.68. The van der Waals surface area contributed by atoms with Crippen LogP contribution in [0.5, 0.6) is 0 Å². The number of nitrogens with zero attached hydrogens (tertiary/aromatic N) is 2. The highest BCUT2D eigenvalue weighted by molar-refractivity contribution is 14.0. The SMILES string of the molecule is CCNC(=NCC(C)(C)OC)NCCN1CCS(=O)(=O)CC1.I. The van der Waals surface area contributed by atoms with E-state index in [0.717, 1.165) is 25.6 Å². The van der Waals surface area contributed by atoms with Crippen molar-refractivity contribution < 1.29 is 13.2 Å². The van der Waals surface area contributed by atoms with E-state index in [0.29, 0.717) is 19.6 Å². The molecule has 7 nitrogen and oxygen atoms in total. The van der Waals surface area contributed by atoms with E-state index in [-0.39, 0.29) is 41.1 Å². The van der Waals surface area contributed by atoms with E-state index in [1.807, 2.05) is 20.8 Å². The predicted molar refractivity (Wildman–Crippen MR) is 106 cm³/mol. The molecule has 0 spiro atoms. The molecule has 1 fully saturated rings. The molecule has 0 bridgehead atoms. The monoisotopic (exact) mass is 462 g/mol. The first-order valence-electron chi connectivity index (χ1n) is 7.78. The molecule has 23 heavy (non-hydrogen) atoms. The van der Waals surface area contributed by atoms with Gasteiger partial charge in [-0.2, -0.15) is 0 Å². The molecule has 9 heteroatoms. The van der Waals surface area contributed by atoms with E-state index in [1.165, 1.54) is 0 Å². The Morgan fingerprint density at radius 1 is 1.26 bits per heavy atom. The van der Waals surface area contributed by atoms with Crippen LogP contribution in [-0.4, -0.2) is 82.8 Å². The van der Waals surface area contributed by atoms with Gasteiger partial charge in [0.05, 0.1) is 23.7 Å². The van der Waals surface area contributed by atoms with Gasteiger partial charge < -0.3 is 15.4 Å². The summed E-state index contributed by atoms with van der Waals surface area (Å²) in [6.45, 7) is 10.2. The number of nitrogens with one attached hydrogen (secondary N) is 2. The maximum Gasteiger partial charge on any atom is 0.191 e. The lowest BCUT2D eigenvalue weighted by atomic mass is 10.1. The van der Waals surface area contributed by atoms with E-state index >= 15 is 0 Å². The summed E-state index contributed by atoms with van der Waals surface area (Å²) < 4.78 is 28.1. The smallest absolute Gasteiger partial charge is 0.191 e. The van der Waals surface area contributed by atoms with Gasteiger partial charge in [-0.15, -0.1) is 24.0 Å². The fourth-order valence-corrected chi connectivity index (χ4v) is 3.26. The highest BCUT2D eigenvalue weighted by Gasteiger charge is 2.21. The first-order chi connectivity index (χ1) is 10.3. The molecule has 0 unspecified atom stereocenters. The lowest BCUT2D eigenvalue weighted by molar-refractivity contribution is 0.0310. The largest absolute Gasteiger partial charge is 0.377 e. The van der Waals surface area contributed by atoms with E-state index in [2.05, 4.69) is 20.5 Å². The Balaban J connectivity index is 0.00000484. The molecule has 1 aliphatic rings. The molecule has 138 valence electrons. The van der Waals surface area contributed by atoms with E-state index in [1.54, 1.807) is 7.11 Å². The van der Waals surface area contributed by atoms with Crippen molar-refractivity contribution in [2.75, 3.05) is 57.9 Å². The molecule has 0 radical (unpaired) electrons. The summed E-state index contributed by atoms with van der Waals surface area (Å²) in [5, 5.41) is 6.48. The molecule has 1 saturated heterocycles. The first-order valence-corrected chi connectivity index (χ1v) is 9.60. The van der Waals surface area contributed by atoms with Gasteiger partial charge in [0.1, 0.15) is 0 Å². The molecule has 0 atom stereocenters. The van der Waals surface area contributed by atoms with Crippen molar-refractivity contribution in [1.82, 2.24) is 15.5 Å². The second-order valence-corrected chi connectivity index (χ2v) is 8.38. The van der Waals surface area contributed by atoms with Gasteiger partial charge in [-0.05, 0) is 20.8 Å². The maximum absolute atomic E-state index is 11.4. The molecule has 0 aromatic rings. The molecule has 0 saturated carbocycles. The Kier molecular flexibility index (Phi) is 10.6. The molecule has 0 aromatic heterocycles. The van der Waals surface area contributed by atoms with Crippen LogP contribution in [0.15, 0.2) is 4.99 Å². The van der Waals surface area contributed by atoms with Gasteiger partial charge >= 0.3 is 0 Å². The molecule has 1 aliphatic heterocycles. The average molecular weight is 462 g/mol. The zero-order valence-corrected chi connectivity index (χ0v) is 17.7. The maximum atomic E-state index is 11.4. The van der Waals surface area contributed by atoms with Gasteiger partial charge in [-0.1, -0.05) is 0 Å². The van der Waals surface area contributed by atoms with Crippen molar-refractivity contribution in [3.05, 3.63) is 0 Å². The minimum Gasteiger partial charge on any atom is -0.377 e. The van der Waals surface area contributed by atoms with Crippen LogP contribution < -0.4 is 10.6 Å². The summed E-state index contributed by atoms with van der Waals surface area (Å²) in [5.74, 6) is 1.30. The zero-order valence-electron chi connectivity index (χ0n) is 14.6. The van der Waals surface area contributed by atoms with Crippen molar-refractivity contribution >= 4 is 39.8 Å². The highest BCUT2D eigenvalue weighted by atomic mass is 127. The van der Waals surface area contributed by atoms with Crippen molar-refractivity contribution in [3.8, 4) is 0 Å². The lowest BCUT2D eigenvalue weighted by Crippen LogP contribution is -2.46. The average Bonchev–Trinajstić information content (AvgIpc) is 2.46. The number of ether oxygens (including phenoxy) is 1. The molecule has 0 amide bonds. The fourth-order valence-electron chi connectivity index (χ4n) is 1.98. The number of guanidine groups is 1. The molecule has 0 aromatic carbocycles. The fraction of sp³-hybridized carbons (Fsp3) is 0.929. The van der Waals surface area contributed by atoms with E-state index in [9.17, 15) is 8.42 Å². The molecular formula is C14H31IN4O3S. The lowest BCUT2D eigenvalue weighted by Gasteiger charge is -2.27. The molecular weight excluding hydrogens is 431 g/mol. The van der Waals surface area contributed by atoms with Gasteiger partial charge in [-0.25, -0.2) is 8.42 Å². The Morgan fingerprint density at radius 2 is 1.87 bits per heavy atom. The summed E-state index contributed by atoms with van der Waals surface area (Å²) in [5.41, 5.74) is -0.288. The van der Waals surface area contributed by atoms with Crippen molar-refractivity contribution in [3.63, 3.8) is 0 Å². The quantitative estimate of drug-likeness (QED) is 0.322. The van der Waals surface area contributed by atoms with Crippen LogP contribution in [0.25, 0.3) is 0 Å². The number of halogens is 1. The number of hydrogen-bond acceptors (Lipinski definition) is 5. The van der Waals surface area contributed by atoms with Crippen LogP contribution >= 0.6 is 24.0 Å². The Bertz CT molecular complexity index is 455. The van der Waals surface area contributed by atoms with Gasteiger partial charge in [0, 0.05) is 39.8 Å². The van der Waals surface area contributed by atoms with Crippen LogP contribution in [0, 0.1) is 0 Å². The topological polar surface area (TPSA) is 83.0 Å². The highest BCUT2D eigenvalue weighted by Crippen LogP contribution is 2.07. The van der Waals surface area contributed by atoms with E-state index < -0.39 is 9.84 Å². The van der Waals surface area contributed by atoms with Crippen molar-refractivity contribution in [2.24, 2.45) is 4.99 Å². The summed E-state index contributed by atoms with van der Waals surface area (Å²) in [6.07, 6.45) is 0. The summed E-state index contributed by atoms with van der Waals surface area (Å²) >= 11 is 0. The van der Waals surface area contributed by atoms with Crippen molar-refractivity contribution in [2.45, 2.75) is 26.4 Å². The second kappa shape index (κ2) is 10.7. The number of aliphatic imine (C=N–C) groups is 1. The summed E-state index contributed by atoms with van der Waals surface area (Å²) in [4.78, 5) is 6.68. The van der Waals surface area contributed by atoms with Gasteiger partial charge in [0.15, 0.2) is 15.8 Å². The van der Waals surface area contributed by atoms with Gasteiger partial charge in [0.2, 0.25) is 0 Å².